The molecule has 1 aromatic carbocycles. The summed E-state index contributed by atoms with van der Waals surface area (Å²) in [7, 11) is 4.06. The second-order valence-electron chi connectivity index (χ2n) is 4.20. The topological polar surface area (TPSA) is 64.5 Å². The molecular weight excluding hydrogens is 222 g/mol. The SMILES string of the molecule is Cc1cc(N)c2c(c1N)SC(N(C)C)CO2. The van der Waals surface area contributed by atoms with Gasteiger partial charge < -0.3 is 16.2 Å². The van der Waals surface area contributed by atoms with Crippen molar-refractivity contribution in [2.45, 2.75) is 17.2 Å². The van der Waals surface area contributed by atoms with Crippen LogP contribution in [0.25, 0.3) is 0 Å². The molecular formula is C11H17N3OS. The molecule has 0 saturated heterocycles. The molecule has 1 unspecified atom stereocenters. The first-order chi connectivity index (χ1) is 7.50. The van der Waals surface area contributed by atoms with Crippen molar-refractivity contribution < 1.29 is 4.74 Å². The average molecular weight is 239 g/mol. The van der Waals surface area contributed by atoms with Crippen LogP contribution in [-0.4, -0.2) is 31.0 Å². The van der Waals surface area contributed by atoms with Crippen LogP contribution in [0.1, 0.15) is 5.56 Å². The van der Waals surface area contributed by atoms with Gasteiger partial charge in [-0.05, 0) is 32.6 Å². The van der Waals surface area contributed by atoms with Crippen molar-refractivity contribution in [1.29, 1.82) is 0 Å². The summed E-state index contributed by atoms with van der Waals surface area (Å²) in [4.78, 5) is 3.09. The summed E-state index contributed by atoms with van der Waals surface area (Å²) >= 11 is 1.72. The van der Waals surface area contributed by atoms with Crippen LogP contribution in [0.4, 0.5) is 11.4 Å². The third-order valence-corrected chi connectivity index (χ3v) is 4.18. The lowest BCUT2D eigenvalue weighted by atomic mass is 10.1. The number of fused-ring (bicyclic) bond motifs is 1. The van der Waals surface area contributed by atoms with Crippen LogP contribution in [0.3, 0.4) is 0 Å². The molecule has 1 aliphatic rings. The molecule has 2 rings (SSSR count). The molecule has 0 aromatic heterocycles. The summed E-state index contributed by atoms with van der Waals surface area (Å²) in [6.07, 6.45) is 0. The molecule has 0 saturated carbocycles. The minimum atomic E-state index is 0.288. The van der Waals surface area contributed by atoms with E-state index in [9.17, 15) is 0 Å². The van der Waals surface area contributed by atoms with E-state index in [1.807, 2.05) is 27.1 Å². The number of nitrogens with two attached hydrogens (primary N) is 2. The fourth-order valence-electron chi connectivity index (χ4n) is 1.65. The van der Waals surface area contributed by atoms with Gasteiger partial charge in [-0.25, -0.2) is 0 Å². The van der Waals surface area contributed by atoms with Crippen LogP contribution in [0.5, 0.6) is 5.75 Å². The molecule has 1 heterocycles. The van der Waals surface area contributed by atoms with Gasteiger partial charge in [0, 0.05) is 0 Å². The van der Waals surface area contributed by atoms with Gasteiger partial charge in [-0.1, -0.05) is 11.8 Å². The highest BCUT2D eigenvalue weighted by Gasteiger charge is 2.26. The summed E-state index contributed by atoms with van der Waals surface area (Å²) in [6.45, 7) is 2.60. The zero-order valence-electron chi connectivity index (χ0n) is 9.78. The fourth-order valence-corrected chi connectivity index (χ4v) is 2.84. The average Bonchev–Trinajstić information content (AvgIpc) is 2.25. The quantitative estimate of drug-likeness (QED) is 0.728. The van der Waals surface area contributed by atoms with E-state index < -0.39 is 0 Å². The Hall–Kier alpha value is -1.07. The summed E-state index contributed by atoms with van der Waals surface area (Å²) in [5.41, 5.74) is 14.4. The van der Waals surface area contributed by atoms with Crippen LogP contribution >= 0.6 is 11.8 Å². The van der Waals surface area contributed by atoms with Crippen LogP contribution in [0, 0.1) is 6.92 Å². The molecule has 88 valence electrons. The Morgan fingerprint density at radius 1 is 1.44 bits per heavy atom. The Morgan fingerprint density at radius 3 is 2.75 bits per heavy atom. The summed E-state index contributed by atoms with van der Waals surface area (Å²) in [5.74, 6) is 0.742. The smallest absolute Gasteiger partial charge is 0.158 e. The van der Waals surface area contributed by atoms with Gasteiger partial charge in [-0.2, -0.15) is 0 Å². The molecule has 5 heteroatoms. The lowest BCUT2D eigenvalue weighted by Gasteiger charge is -2.31. The minimum absolute atomic E-state index is 0.288. The zero-order chi connectivity index (χ0) is 11.9. The van der Waals surface area contributed by atoms with Crippen molar-refractivity contribution in [1.82, 2.24) is 4.90 Å². The maximum Gasteiger partial charge on any atom is 0.158 e. The Labute approximate surface area is 99.9 Å². The van der Waals surface area contributed by atoms with E-state index in [2.05, 4.69) is 4.90 Å². The maximum absolute atomic E-state index is 6.06. The van der Waals surface area contributed by atoms with E-state index >= 15 is 0 Å². The predicted octanol–water partition coefficient (Wildman–Crippen LogP) is 1.53. The van der Waals surface area contributed by atoms with Crippen molar-refractivity contribution in [3.05, 3.63) is 11.6 Å². The first-order valence-corrected chi connectivity index (χ1v) is 6.03. The van der Waals surface area contributed by atoms with Gasteiger partial charge in [0.05, 0.1) is 21.6 Å². The molecule has 1 atom stereocenters. The molecule has 0 bridgehead atoms. The number of nitrogen functional groups attached to an aromatic ring is 2. The fraction of sp³-hybridized carbons (Fsp3) is 0.455. The number of aryl methyl sites for hydroxylation is 1. The van der Waals surface area contributed by atoms with E-state index in [0.717, 1.165) is 21.9 Å². The van der Waals surface area contributed by atoms with E-state index in [1.54, 1.807) is 11.8 Å². The highest BCUT2D eigenvalue weighted by molar-refractivity contribution is 8.00. The number of ether oxygens (including phenoxy) is 1. The van der Waals surface area contributed by atoms with Crippen LogP contribution in [0.15, 0.2) is 11.0 Å². The highest BCUT2D eigenvalue weighted by Crippen LogP contribution is 2.46. The summed E-state index contributed by atoms with van der Waals surface area (Å²) < 4.78 is 5.70. The standard InChI is InChI=1S/C11H17N3OS/c1-6-4-7(12)10-11(9(6)13)16-8(5-15-10)14(2)3/h4,8H,5,12-13H2,1-3H3. The number of nitrogens with zero attached hydrogens (tertiary/aromatic N) is 1. The number of thioether (sulfide) groups is 1. The van der Waals surface area contributed by atoms with Gasteiger partial charge >= 0.3 is 0 Å². The molecule has 16 heavy (non-hydrogen) atoms. The number of hydrogen-bond acceptors (Lipinski definition) is 5. The predicted molar refractivity (Wildman–Crippen MR) is 68.8 cm³/mol. The maximum atomic E-state index is 6.06. The Morgan fingerprint density at radius 2 is 2.12 bits per heavy atom. The Balaban J connectivity index is 2.44. The third kappa shape index (κ3) is 1.81. The van der Waals surface area contributed by atoms with E-state index in [1.165, 1.54) is 0 Å². The molecule has 0 fully saturated rings. The molecule has 1 aromatic rings. The lowest BCUT2D eigenvalue weighted by Crippen LogP contribution is -2.33. The van der Waals surface area contributed by atoms with Crippen molar-refractivity contribution in [3.8, 4) is 5.75 Å². The van der Waals surface area contributed by atoms with Gasteiger partial charge in [-0.15, -0.1) is 0 Å². The molecule has 0 amide bonds. The number of rotatable bonds is 1. The third-order valence-electron chi connectivity index (χ3n) is 2.71. The monoisotopic (exact) mass is 239 g/mol. The highest BCUT2D eigenvalue weighted by atomic mass is 32.2. The van der Waals surface area contributed by atoms with Crippen LogP contribution in [-0.2, 0) is 0 Å². The van der Waals surface area contributed by atoms with E-state index in [0.29, 0.717) is 12.3 Å². The van der Waals surface area contributed by atoms with Crippen molar-refractivity contribution >= 4 is 23.1 Å². The van der Waals surface area contributed by atoms with Gasteiger partial charge in [0.15, 0.2) is 5.75 Å². The van der Waals surface area contributed by atoms with E-state index in [-0.39, 0.29) is 5.37 Å². The molecule has 4 N–H and O–H groups in total. The second-order valence-corrected chi connectivity index (χ2v) is 5.39. The van der Waals surface area contributed by atoms with Crippen molar-refractivity contribution in [3.63, 3.8) is 0 Å². The van der Waals surface area contributed by atoms with Crippen molar-refractivity contribution in [2.24, 2.45) is 0 Å². The van der Waals surface area contributed by atoms with Crippen LogP contribution < -0.4 is 16.2 Å². The zero-order valence-corrected chi connectivity index (χ0v) is 10.6. The largest absolute Gasteiger partial charge is 0.488 e. The first-order valence-electron chi connectivity index (χ1n) is 5.15. The van der Waals surface area contributed by atoms with Gasteiger partial charge in [0.25, 0.3) is 0 Å². The molecule has 0 radical (unpaired) electrons. The van der Waals surface area contributed by atoms with Gasteiger partial charge in [0.1, 0.15) is 6.61 Å². The molecule has 0 spiro atoms. The molecule has 1 aliphatic heterocycles. The number of benzene rings is 1. The minimum Gasteiger partial charge on any atom is -0.488 e. The number of likely N-dealkylation sites (N-methyl/N-ethyl adjacent to an activating group) is 1. The van der Waals surface area contributed by atoms with Gasteiger partial charge in [-0.3, -0.25) is 4.90 Å². The summed E-state index contributed by atoms with van der Waals surface area (Å²) in [5, 5.41) is 0.288. The number of hydrogen-bond donors (Lipinski definition) is 2. The van der Waals surface area contributed by atoms with Crippen molar-refractivity contribution in [2.75, 3.05) is 32.2 Å². The number of anilines is 2. The first kappa shape index (κ1) is 11.4. The van der Waals surface area contributed by atoms with E-state index in [4.69, 9.17) is 16.2 Å². The van der Waals surface area contributed by atoms with Crippen LogP contribution in [0.2, 0.25) is 0 Å². The Kier molecular flexibility index (Phi) is 2.90. The molecule has 0 aliphatic carbocycles. The van der Waals surface area contributed by atoms with Gasteiger partial charge in [0.2, 0.25) is 0 Å². The second kappa shape index (κ2) is 4.07. The summed E-state index contributed by atoms with van der Waals surface area (Å²) in [6, 6.07) is 1.87. The molecule has 4 nitrogen and oxygen atoms in total. The Bertz CT molecular complexity index is 420. The normalized spacial score (nSPS) is 19.4. The lowest BCUT2D eigenvalue weighted by molar-refractivity contribution is 0.231.